The highest BCUT2D eigenvalue weighted by molar-refractivity contribution is 5.74. The molecule has 2 N–H and O–H groups in total. The lowest BCUT2D eigenvalue weighted by molar-refractivity contribution is 0.234. The topological polar surface area (TPSA) is 59.0 Å². The summed E-state index contributed by atoms with van der Waals surface area (Å²) in [4.78, 5) is 12.4. The highest BCUT2D eigenvalue weighted by atomic mass is 16.2. The van der Waals surface area contributed by atoms with Gasteiger partial charge in [0, 0.05) is 30.8 Å². The van der Waals surface area contributed by atoms with Gasteiger partial charge in [0.15, 0.2) is 0 Å². The second-order valence-corrected chi connectivity index (χ2v) is 7.26. The first-order valence-electron chi connectivity index (χ1n) is 9.35. The number of amides is 2. The molecule has 0 saturated carbocycles. The van der Waals surface area contributed by atoms with Crippen LogP contribution in [0.5, 0.6) is 0 Å². The number of hydrogen-bond donors (Lipinski definition) is 2. The first kappa shape index (κ1) is 16.2. The summed E-state index contributed by atoms with van der Waals surface area (Å²) in [5.74, 6) is 0.427. The Hall–Kier alpha value is -2.30. The fourth-order valence-electron chi connectivity index (χ4n) is 4.35. The molecule has 2 aliphatic rings. The van der Waals surface area contributed by atoms with E-state index in [1.54, 1.807) is 0 Å². The molecular formula is C20H26N4O. The van der Waals surface area contributed by atoms with Gasteiger partial charge in [-0.15, -0.1) is 0 Å². The van der Waals surface area contributed by atoms with Crippen LogP contribution < -0.4 is 10.6 Å². The predicted octanol–water partition coefficient (Wildman–Crippen LogP) is 3.22. The number of nitrogens with zero attached hydrogens (tertiary/aromatic N) is 2. The van der Waals surface area contributed by atoms with Crippen LogP contribution >= 0.6 is 0 Å². The molecule has 0 unspecified atom stereocenters. The normalized spacial score (nSPS) is 22.0. The highest BCUT2D eigenvalue weighted by Gasteiger charge is 2.25. The number of urea groups is 1. The average molecular weight is 338 g/mol. The van der Waals surface area contributed by atoms with E-state index >= 15 is 0 Å². The van der Waals surface area contributed by atoms with Gasteiger partial charge < -0.3 is 10.6 Å². The fraction of sp³-hybridized carbons (Fsp3) is 0.500. The molecule has 0 aliphatic heterocycles. The third-order valence-corrected chi connectivity index (χ3v) is 5.68. The summed E-state index contributed by atoms with van der Waals surface area (Å²) in [6, 6.07) is 8.65. The number of aromatic nitrogens is 2. The first-order chi connectivity index (χ1) is 12.2. The molecule has 1 aromatic heterocycles. The Balaban J connectivity index is 1.36. The molecule has 1 aromatic carbocycles. The molecule has 0 fully saturated rings. The molecular weight excluding hydrogens is 312 g/mol. The van der Waals surface area contributed by atoms with Crippen molar-refractivity contribution in [2.75, 3.05) is 6.54 Å². The van der Waals surface area contributed by atoms with Gasteiger partial charge in [-0.05, 0) is 49.7 Å². The average Bonchev–Trinajstić information content (AvgIpc) is 3.02. The van der Waals surface area contributed by atoms with Gasteiger partial charge in [0.1, 0.15) is 0 Å². The molecule has 0 bridgehead atoms. The van der Waals surface area contributed by atoms with Crippen molar-refractivity contribution in [3.63, 3.8) is 0 Å². The summed E-state index contributed by atoms with van der Waals surface area (Å²) in [6.07, 6.45) is 8.53. The van der Waals surface area contributed by atoms with Gasteiger partial charge in [-0.25, -0.2) is 4.79 Å². The standard InChI is InChI=1S/C20H26N4O/c1-24-19-11-5-10-18(17(19)13-22-24)23-20(25)21-12-15-8-4-7-14-6-2-3-9-16(14)15/h2-3,6,9,13,15,18H,4-5,7-8,10-12H2,1H3,(H2,21,23,25)/t15-,18+/m1/s1. The summed E-state index contributed by atoms with van der Waals surface area (Å²) in [6.45, 7) is 0.704. The summed E-state index contributed by atoms with van der Waals surface area (Å²) in [5, 5.41) is 10.6. The molecule has 1 heterocycles. The van der Waals surface area contributed by atoms with Crippen LogP contribution in [0.25, 0.3) is 0 Å². The lowest BCUT2D eigenvalue weighted by Gasteiger charge is -2.27. The van der Waals surface area contributed by atoms with Gasteiger partial charge in [-0.2, -0.15) is 5.10 Å². The van der Waals surface area contributed by atoms with Crippen LogP contribution in [0.3, 0.4) is 0 Å². The Morgan fingerprint density at radius 2 is 2.04 bits per heavy atom. The minimum Gasteiger partial charge on any atom is -0.338 e. The third kappa shape index (κ3) is 3.28. The molecule has 132 valence electrons. The number of aryl methyl sites for hydroxylation is 2. The monoisotopic (exact) mass is 338 g/mol. The van der Waals surface area contributed by atoms with Crippen molar-refractivity contribution >= 4 is 6.03 Å². The molecule has 5 heteroatoms. The zero-order chi connectivity index (χ0) is 17.2. The van der Waals surface area contributed by atoms with Crippen molar-refractivity contribution in [2.45, 2.75) is 50.5 Å². The van der Waals surface area contributed by atoms with E-state index in [9.17, 15) is 4.79 Å². The van der Waals surface area contributed by atoms with Crippen LogP contribution in [0.1, 0.15) is 60.0 Å². The Bertz CT molecular complexity index is 767. The largest absolute Gasteiger partial charge is 0.338 e. The van der Waals surface area contributed by atoms with E-state index in [0.29, 0.717) is 12.5 Å². The SMILES string of the molecule is Cn1ncc2c1CCC[C@@H]2NC(=O)NC[C@H]1CCCc2ccccc21. The van der Waals surface area contributed by atoms with Crippen molar-refractivity contribution in [1.29, 1.82) is 0 Å². The van der Waals surface area contributed by atoms with E-state index in [4.69, 9.17) is 0 Å². The molecule has 25 heavy (non-hydrogen) atoms. The lowest BCUT2D eigenvalue weighted by atomic mass is 9.83. The molecule has 0 saturated heterocycles. The maximum absolute atomic E-state index is 12.4. The molecule has 5 nitrogen and oxygen atoms in total. The van der Waals surface area contributed by atoms with Crippen LogP contribution in [0.4, 0.5) is 4.79 Å². The van der Waals surface area contributed by atoms with E-state index in [-0.39, 0.29) is 12.1 Å². The Morgan fingerprint density at radius 1 is 1.20 bits per heavy atom. The van der Waals surface area contributed by atoms with E-state index in [1.165, 1.54) is 28.8 Å². The summed E-state index contributed by atoms with van der Waals surface area (Å²) < 4.78 is 1.93. The van der Waals surface area contributed by atoms with Crippen LogP contribution in [0.15, 0.2) is 30.5 Å². The van der Waals surface area contributed by atoms with Gasteiger partial charge in [0.2, 0.25) is 0 Å². The second-order valence-electron chi connectivity index (χ2n) is 7.26. The Kier molecular flexibility index (Phi) is 4.47. The molecule has 4 rings (SSSR count). The van der Waals surface area contributed by atoms with E-state index in [2.05, 4.69) is 40.0 Å². The van der Waals surface area contributed by atoms with Gasteiger partial charge in [-0.1, -0.05) is 24.3 Å². The van der Waals surface area contributed by atoms with E-state index in [0.717, 1.165) is 32.1 Å². The summed E-state index contributed by atoms with van der Waals surface area (Å²) in [7, 11) is 1.97. The number of nitrogens with one attached hydrogen (secondary N) is 2. The van der Waals surface area contributed by atoms with Gasteiger partial charge >= 0.3 is 6.03 Å². The summed E-state index contributed by atoms with van der Waals surface area (Å²) in [5.41, 5.74) is 5.26. The number of rotatable bonds is 3. The third-order valence-electron chi connectivity index (χ3n) is 5.68. The molecule has 2 aromatic rings. The van der Waals surface area contributed by atoms with E-state index in [1.807, 2.05) is 17.9 Å². The van der Waals surface area contributed by atoms with Gasteiger partial charge in [0.25, 0.3) is 0 Å². The number of benzene rings is 1. The van der Waals surface area contributed by atoms with Crippen molar-refractivity contribution < 1.29 is 4.79 Å². The quantitative estimate of drug-likeness (QED) is 0.903. The minimum atomic E-state index is -0.0650. The maximum Gasteiger partial charge on any atom is 0.315 e. The Labute approximate surface area is 148 Å². The predicted molar refractivity (Wildman–Crippen MR) is 97.5 cm³/mol. The molecule has 2 aliphatic carbocycles. The van der Waals surface area contributed by atoms with Gasteiger partial charge in [-0.3, -0.25) is 4.68 Å². The summed E-state index contributed by atoms with van der Waals surface area (Å²) >= 11 is 0. The van der Waals surface area contributed by atoms with Gasteiger partial charge in [0.05, 0.1) is 12.2 Å². The first-order valence-corrected chi connectivity index (χ1v) is 9.35. The smallest absolute Gasteiger partial charge is 0.315 e. The fourth-order valence-corrected chi connectivity index (χ4v) is 4.35. The van der Waals surface area contributed by atoms with Crippen molar-refractivity contribution in [2.24, 2.45) is 7.05 Å². The number of hydrogen-bond acceptors (Lipinski definition) is 2. The Morgan fingerprint density at radius 3 is 2.96 bits per heavy atom. The number of fused-ring (bicyclic) bond motifs is 2. The number of carbonyl (C=O) groups excluding carboxylic acids is 1. The van der Waals surface area contributed by atoms with Crippen LogP contribution in [-0.4, -0.2) is 22.4 Å². The maximum atomic E-state index is 12.4. The highest BCUT2D eigenvalue weighted by Crippen LogP contribution is 2.31. The minimum absolute atomic E-state index is 0.0650. The zero-order valence-corrected chi connectivity index (χ0v) is 14.8. The van der Waals surface area contributed by atoms with Crippen LogP contribution in [-0.2, 0) is 19.9 Å². The van der Waals surface area contributed by atoms with Crippen molar-refractivity contribution in [3.05, 3.63) is 52.8 Å². The van der Waals surface area contributed by atoms with Crippen LogP contribution in [0, 0.1) is 0 Å². The molecule has 2 amide bonds. The number of carbonyl (C=O) groups is 1. The molecule has 2 atom stereocenters. The molecule has 0 spiro atoms. The second kappa shape index (κ2) is 6.90. The lowest BCUT2D eigenvalue weighted by Crippen LogP contribution is -2.41. The van der Waals surface area contributed by atoms with Crippen molar-refractivity contribution in [3.8, 4) is 0 Å². The molecule has 0 radical (unpaired) electrons. The van der Waals surface area contributed by atoms with Crippen molar-refractivity contribution in [1.82, 2.24) is 20.4 Å². The zero-order valence-electron chi connectivity index (χ0n) is 14.8. The van der Waals surface area contributed by atoms with Crippen LogP contribution in [0.2, 0.25) is 0 Å². The van der Waals surface area contributed by atoms with E-state index < -0.39 is 0 Å².